The molecule has 0 atom stereocenters. The molecule has 5 nitrogen and oxygen atoms in total. The van der Waals surface area contributed by atoms with E-state index in [0.717, 1.165) is 31.9 Å². The molecule has 18 heavy (non-hydrogen) atoms. The van der Waals surface area contributed by atoms with Gasteiger partial charge >= 0.3 is 0 Å². The van der Waals surface area contributed by atoms with Crippen molar-refractivity contribution in [2.45, 2.75) is 46.8 Å². The second-order valence-electron chi connectivity index (χ2n) is 5.49. The lowest BCUT2D eigenvalue weighted by Crippen LogP contribution is -2.36. The van der Waals surface area contributed by atoms with Gasteiger partial charge in [0.2, 0.25) is 0 Å². The highest BCUT2D eigenvalue weighted by Crippen LogP contribution is 2.04. The van der Waals surface area contributed by atoms with Crippen LogP contribution in [0.5, 0.6) is 0 Å². The van der Waals surface area contributed by atoms with Crippen LogP contribution in [0.3, 0.4) is 0 Å². The van der Waals surface area contributed by atoms with E-state index in [4.69, 9.17) is 0 Å². The largest absolute Gasteiger partial charge is 0.314 e. The quantitative estimate of drug-likeness (QED) is 0.760. The van der Waals surface area contributed by atoms with Crippen molar-refractivity contribution in [1.82, 2.24) is 25.2 Å². The van der Waals surface area contributed by atoms with E-state index in [1.807, 2.05) is 17.9 Å². The van der Waals surface area contributed by atoms with Crippen molar-refractivity contribution in [3.8, 4) is 0 Å². The van der Waals surface area contributed by atoms with Gasteiger partial charge in [0.1, 0.15) is 0 Å². The van der Waals surface area contributed by atoms with Crippen LogP contribution in [-0.4, -0.2) is 46.1 Å². The second-order valence-corrected chi connectivity index (χ2v) is 5.49. The van der Waals surface area contributed by atoms with Crippen molar-refractivity contribution in [3.63, 3.8) is 0 Å². The zero-order valence-electron chi connectivity index (χ0n) is 12.3. The van der Waals surface area contributed by atoms with Crippen LogP contribution < -0.4 is 5.32 Å². The van der Waals surface area contributed by atoms with Crippen molar-refractivity contribution >= 4 is 0 Å². The van der Waals surface area contributed by atoms with Crippen molar-refractivity contribution < 1.29 is 0 Å². The molecule has 0 unspecified atom stereocenters. The molecule has 0 saturated carbocycles. The minimum Gasteiger partial charge on any atom is -0.314 e. The molecule has 0 radical (unpaired) electrons. The van der Waals surface area contributed by atoms with Gasteiger partial charge in [-0.15, -0.1) is 5.10 Å². The maximum absolute atomic E-state index is 4.15. The molecule has 0 aliphatic heterocycles. The molecule has 0 spiro atoms. The van der Waals surface area contributed by atoms with Gasteiger partial charge in [0.15, 0.2) is 0 Å². The van der Waals surface area contributed by atoms with Crippen molar-refractivity contribution in [3.05, 3.63) is 11.9 Å². The van der Waals surface area contributed by atoms with E-state index in [2.05, 4.69) is 48.2 Å². The lowest BCUT2D eigenvalue weighted by Gasteiger charge is -2.27. The first kappa shape index (κ1) is 15.1. The molecule has 1 rings (SSSR count). The van der Waals surface area contributed by atoms with E-state index in [1.54, 1.807) is 0 Å². The van der Waals surface area contributed by atoms with E-state index >= 15 is 0 Å². The van der Waals surface area contributed by atoms with Crippen LogP contribution in [0.4, 0.5) is 0 Å². The van der Waals surface area contributed by atoms with Crippen LogP contribution in [0, 0.1) is 5.92 Å². The topological polar surface area (TPSA) is 46.0 Å². The fourth-order valence-electron chi connectivity index (χ4n) is 1.97. The Morgan fingerprint density at radius 3 is 2.61 bits per heavy atom. The number of hydrogen-bond acceptors (Lipinski definition) is 4. The van der Waals surface area contributed by atoms with Gasteiger partial charge in [-0.2, -0.15) is 0 Å². The first-order chi connectivity index (χ1) is 8.52. The molecular formula is C13H27N5. The molecule has 1 aromatic heterocycles. The SMILES string of the molecule is CNCc1cn(CCN(CC(C)C)C(C)C)nn1. The Kier molecular flexibility index (Phi) is 6.29. The van der Waals surface area contributed by atoms with E-state index in [9.17, 15) is 0 Å². The van der Waals surface area contributed by atoms with Gasteiger partial charge in [0.25, 0.3) is 0 Å². The van der Waals surface area contributed by atoms with Crippen LogP contribution in [0.15, 0.2) is 6.20 Å². The summed E-state index contributed by atoms with van der Waals surface area (Å²) in [5.41, 5.74) is 0.998. The van der Waals surface area contributed by atoms with Crippen molar-refractivity contribution in [2.24, 2.45) is 5.92 Å². The van der Waals surface area contributed by atoms with Crippen molar-refractivity contribution in [1.29, 1.82) is 0 Å². The van der Waals surface area contributed by atoms with Gasteiger partial charge in [-0.3, -0.25) is 9.58 Å². The number of aromatic nitrogens is 3. The van der Waals surface area contributed by atoms with Gasteiger partial charge in [0.05, 0.1) is 12.2 Å². The average Bonchev–Trinajstić information content (AvgIpc) is 2.72. The molecule has 104 valence electrons. The van der Waals surface area contributed by atoms with Gasteiger partial charge < -0.3 is 5.32 Å². The maximum atomic E-state index is 4.15. The monoisotopic (exact) mass is 253 g/mol. The third kappa shape index (κ3) is 5.14. The molecule has 1 heterocycles. The van der Waals surface area contributed by atoms with E-state index in [1.165, 1.54) is 0 Å². The molecule has 5 heteroatoms. The number of hydrogen-bond donors (Lipinski definition) is 1. The summed E-state index contributed by atoms with van der Waals surface area (Å²) in [6, 6.07) is 0.577. The predicted molar refractivity (Wildman–Crippen MR) is 74.3 cm³/mol. The molecule has 0 saturated heterocycles. The Balaban J connectivity index is 2.45. The molecular weight excluding hydrogens is 226 g/mol. The normalized spacial score (nSPS) is 12.0. The molecule has 0 amide bonds. The Labute approximate surface area is 111 Å². The Bertz CT molecular complexity index is 332. The van der Waals surface area contributed by atoms with Gasteiger partial charge in [-0.25, -0.2) is 0 Å². The summed E-state index contributed by atoms with van der Waals surface area (Å²) < 4.78 is 1.93. The Hall–Kier alpha value is -0.940. The van der Waals surface area contributed by atoms with Gasteiger partial charge in [0, 0.05) is 31.9 Å². The third-order valence-electron chi connectivity index (χ3n) is 2.89. The zero-order chi connectivity index (χ0) is 13.5. The molecule has 0 aliphatic carbocycles. The summed E-state index contributed by atoms with van der Waals surface area (Å²) in [6.07, 6.45) is 2.02. The standard InChI is InChI=1S/C13H27N5/c1-11(2)9-17(12(3)4)6-7-18-10-13(8-14-5)15-16-18/h10-12,14H,6-9H2,1-5H3. The highest BCUT2D eigenvalue weighted by molar-refractivity contribution is 4.91. The fourth-order valence-corrected chi connectivity index (χ4v) is 1.97. The summed E-state index contributed by atoms with van der Waals surface area (Å²) in [7, 11) is 1.92. The second kappa shape index (κ2) is 7.48. The lowest BCUT2D eigenvalue weighted by molar-refractivity contribution is 0.187. The summed E-state index contributed by atoms with van der Waals surface area (Å²) in [4.78, 5) is 2.49. The molecule has 0 aliphatic rings. The Morgan fingerprint density at radius 2 is 2.06 bits per heavy atom. The van der Waals surface area contributed by atoms with Crippen LogP contribution >= 0.6 is 0 Å². The summed E-state index contributed by atoms with van der Waals surface area (Å²) >= 11 is 0. The first-order valence-corrected chi connectivity index (χ1v) is 6.80. The van der Waals surface area contributed by atoms with Crippen LogP contribution in [-0.2, 0) is 13.1 Å². The minimum atomic E-state index is 0.577. The van der Waals surface area contributed by atoms with E-state index in [0.29, 0.717) is 12.0 Å². The van der Waals surface area contributed by atoms with Crippen LogP contribution in [0.1, 0.15) is 33.4 Å². The summed E-state index contributed by atoms with van der Waals surface area (Å²) in [6.45, 7) is 12.9. The molecule has 1 aromatic rings. The highest BCUT2D eigenvalue weighted by atomic mass is 15.4. The lowest BCUT2D eigenvalue weighted by atomic mass is 10.2. The summed E-state index contributed by atoms with van der Waals surface area (Å²) in [5.74, 6) is 0.697. The zero-order valence-corrected chi connectivity index (χ0v) is 12.3. The van der Waals surface area contributed by atoms with Crippen LogP contribution in [0.2, 0.25) is 0 Å². The van der Waals surface area contributed by atoms with E-state index in [-0.39, 0.29) is 0 Å². The molecule has 0 fully saturated rings. The fraction of sp³-hybridized carbons (Fsp3) is 0.846. The number of rotatable bonds is 8. The third-order valence-corrected chi connectivity index (χ3v) is 2.89. The molecule has 0 bridgehead atoms. The first-order valence-electron chi connectivity index (χ1n) is 6.80. The number of nitrogens with one attached hydrogen (secondary N) is 1. The average molecular weight is 253 g/mol. The number of nitrogens with zero attached hydrogens (tertiary/aromatic N) is 4. The van der Waals surface area contributed by atoms with Crippen molar-refractivity contribution in [2.75, 3.05) is 20.1 Å². The highest BCUT2D eigenvalue weighted by Gasteiger charge is 2.11. The van der Waals surface area contributed by atoms with Crippen LogP contribution in [0.25, 0.3) is 0 Å². The Morgan fingerprint density at radius 1 is 1.33 bits per heavy atom. The van der Waals surface area contributed by atoms with Gasteiger partial charge in [-0.05, 0) is 26.8 Å². The minimum absolute atomic E-state index is 0.577. The van der Waals surface area contributed by atoms with E-state index < -0.39 is 0 Å². The molecule has 0 aromatic carbocycles. The molecule has 1 N–H and O–H groups in total. The predicted octanol–water partition coefficient (Wildman–Crippen LogP) is 1.36. The van der Waals surface area contributed by atoms with Gasteiger partial charge in [-0.1, -0.05) is 19.1 Å². The smallest absolute Gasteiger partial charge is 0.0964 e. The summed E-state index contributed by atoms with van der Waals surface area (Å²) in [5, 5.41) is 11.3. The maximum Gasteiger partial charge on any atom is 0.0964 e.